The number of nitrogens with zero attached hydrogens (tertiary/aromatic N) is 1. The first kappa shape index (κ1) is 19.7. The zero-order chi connectivity index (χ0) is 22.1. The molecule has 1 unspecified atom stereocenters. The Kier molecular flexibility index (Phi) is 5.03. The molecule has 5 rings (SSSR count). The molecule has 0 saturated heterocycles. The summed E-state index contributed by atoms with van der Waals surface area (Å²) in [5, 5.41) is 5.40. The molecule has 2 amide bonds. The summed E-state index contributed by atoms with van der Waals surface area (Å²) in [7, 11) is 0. The molecule has 0 fully saturated rings. The van der Waals surface area contributed by atoms with Crippen LogP contribution in [-0.2, 0) is 4.79 Å². The lowest BCUT2D eigenvalue weighted by Crippen LogP contribution is -2.42. The van der Waals surface area contributed by atoms with Crippen LogP contribution in [0.2, 0.25) is 0 Å². The van der Waals surface area contributed by atoms with E-state index in [2.05, 4.69) is 15.6 Å². The number of nitrogens with one attached hydrogen (secondary N) is 2. The van der Waals surface area contributed by atoms with Gasteiger partial charge in [-0.15, -0.1) is 0 Å². The van der Waals surface area contributed by atoms with Gasteiger partial charge in [0, 0.05) is 17.2 Å². The van der Waals surface area contributed by atoms with Crippen molar-refractivity contribution in [2.45, 2.75) is 6.17 Å². The first-order valence-corrected chi connectivity index (χ1v) is 10.0. The van der Waals surface area contributed by atoms with Crippen molar-refractivity contribution in [3.8, 4) is 11.5 Å². The molecule has 0 saturated carbocycles. The van der Waals surface area contributed by atoms with Gasteiger partial charge in [-0.1, -0.05) is 48.5 Å². The van der Waals surface area contributed by atoms with Crippen molar-refractivity contribution in [2.24, 2.45) is 4.99 Å². The van der Waals surface area contributed by atoms with Crippen molar-refractivity contribution in [1.82, 2.24) is 5.32 Å². The molecule has 2 N–H and O–H groups in total. The third-order valence-electron chi connectivity index (χ3n) is 5.11. The Morgan fingerprint density at radius 3 is 2.62 bits per heavy atom. The molecule has 0 aromatic heterocycles. The molecule has 1 atom stereocenters. The molecule has 2 aliphatic rings. The van der Waals surface area contributed by atoms with Gasteiger partial charge < -0.3 is 20.1 Å². The van der Waals surface area contributed by atoms with Gasteiger partial charge in [-0.25, -0.2) is 9.38 Å². The normalized spacial score (nSPS) is 16.8. The van der Waals surface area contributed by atoms with E-state index in [1.807, 2.05) is 42.5 Å². The van der Waals surface area contributed by atoms with E-state index in [-0.39, 0.29) is 30.3 Å². The maximum absolute atomic E-state index is 14.1. The summed E-state index contributed by atoms with van der Waals surface area (Å²) in [6, 6.07) is 18.8. The van der Waals surface area contributed by atoms with E-state index in [9.17, 15) is 14.0 Å². The first-order valence-electron chi connectivity index (χ1n) is 10.0. The topological polar surface area (TPSA) is 89.0 Å². The Morgan fingerprint density at radius 2 is 1.78 bits per heavy atom. The Labute approximate surface area is 182 Å². The van der Waals surface area contributed by atoms with Crippen molar-refractivity contribution in [3.63, 3.8) is 0 Å². The maximum Gasteiger partial charge on any atom is 0.269 e. The van der Waals surface area contributed by atoms with E-state index < -0.39 is 23.8 Å². The molecule has 0 radical (unpaired) electrons. The highest BCUT2D eigenvalue weighted by molar-refractivity contribution is 6.20. The van der Waals surface area contributed by atoms with Crippen LogP contribution >= 0.6 is 0 Å². The number of hydrogen-bond donors (Lipinski definition) is 2. The van der Waals surface area contributed by atoms with E-state index in [0.29, 0.717) is 11.4 Å². The molecule has 2 heterocycles. The number of hydrogen-bond acceptors (Lipinski definition) is 5. The summed E-state index contributed by atoms with van der Waals surface area (Å²) in [5.74, 6) is -1.58. The number of carbonyl (C=O) groups excluding carboxylic acids is 2. The number of anilines is 1. The minimum Gasteiger partial charge on any atom is -0.486 e. The lowest BCUT2D eigenvalue weighted by molar-refractivity contribution is -0.117. The Bertz CT molecular complexity index is 1240. The van der Waals surface area contributed by atoms with Crippen LogP contribution in [0.25, 0.3) is 0 Å². The average molecular weight is 431 g/mol. The number of ether oxygens (including phenoxy) is 2. The van der Waals surface area contributed by atoms with Crippen LogP contribution in [0, 0.1) is 5.82 Å². The van der Waals surface area contributed by atoms with Crippen molar-refractivity contribution in [1.29, 1.82) is 0 Å². The molecule has 0 bridgehead atoms. The summed E-state index contributed by atoms with van der Waals surface area (Å²) in [4.78, 5) is 30.5. The number of para-hydroxylation sites is 1. The third kappa shape index (κ3) is 3.66. The van der Waals surface area contributed by atoms with Crippen molar-refractivity contribution in [2.75, 3.05) is 18.5 Å². The third-order valence-corrected chi connectivity index (χ3v) is 5.11. The number of rotatable bonds is 3. The predicted molar refractivity (Wildman–Crippen MR) is 116 cm³/mol. The summed E-state index contributed by atoms with van der Waals surface area (Å²) in [5.41, 5.74) is 2.58. The van der Waals surface area contributed by atoms with E-state index in [0.717, 1.165) is 23.3 Å². The number of aliphatic imine (C=N–C) groups is 1. The largest absolute Gasteiger partial charge is 0.486 e. The van der Waals surface area contributed by atoms with Crippen molar-refractivity contribution < 1.29 is 23.5 Å². The van der Waals surface area contributed by atoms with Gasteiger partial charge in [0.15, 0.2) is 11.5 Å². The fourth-order valence-corrected chi connectivity index (χ4v) is 3.67. The standard InChI is InChI=1S/C24H18FN3O4/c25-15-12-17(21-19(13-15)31-10-11-32-21)23(29)28-22-24(30)26-18-9-5-4-8-16(18)20(27-22)14-6-2-1-3-7-14/h1-9,12-13,22H,10-11H2,(H,26,30)(H,28,29). The van der Waals surface area contributed by atoms with Crippen LogP contribution in [-0.4, -0.2) is 36.9 Å². The van der Waals surface area contributed by atoms with Gasteiger partial charge in [-0.2, -0.15) is 0 Å². The van der Waals surface area contributed by atoms with E-state index in [4.69, 9.17) is 9.47 Å². The van der Waals surface area contributed by atoms with Crippen LogP contribution < -0.4 is 20.1 Å². The molecule has 160 valence electrons. The van der Waals surface area contributed by atoms with Gasteiger partial charge in [0.1, 0.15) is 19.0 Å². The highest BCUT2D eigenvalue weighted by Crippen LogP contribution is 2.35. The number of benzene rings is 3. The van der Waals surface area contributed by atoms with E-state index >= 15 is 0 Å². The van der Waals surface area contributed by atoms with Crippen LogP contribution in [0.1, 0.15) is 21.5 Å². The first-order chi connectivity index (χ1) is 15.6. The molecular weight excluding hydrogens is 413 g/mol. The summed E-state index contributed by atoms with van der Waals surface area (Å²) >= 11 is 0. The van der Waals surface area contributed by atoms with Gasteiger partial charge in [0.2, 0.25) is 6.17 Å². The molecule has 7 nitrogen and oxygen atoms in total. The van der Waals surface area contributed by atoms with E-state index in [1.54, 1.807) is 12.1 Å². The van der Waals surface area contributed by atoms with Crippen LogP contribution in [0.4, 0.5) is 10.1 Å². The monoisotopic (exact) mass is 431 g/mol. The number of halogens is 1. The summed E-state index contributed by atoms with van der Waals surface area (Å²) < 4.78 is 25.0. The SMILES string of the molecule is O=C(NC1N=C(c2ccccc2)c2ccccc2NC1=O)c1cc(F)cc2c1OCCO2. The highest BCUT2D eigenvalue weighted by atomic mass is 19.1. The lowest BCUT2D eigenvalue weighted by Gasteiger charge is -2.21. The Hall–Kier alpha value is -4.20. The predicted octanol–water partition coefficient (Wildman–Crippen LogP) is 3.14. The maximum atomic E-state index is 14.1. The van der Waals surface area contributed by atoms with Crippen molar-refractivity contribution >= 4 is 23.2 Å². The molecular formula is C24H18FN3O4. The zero-order valence-electron chi connectivity index (χ0n) is 16.8. The minimum atomic E-state index is -1.24. The quantitative estimate of drug-likeness (QED) is 0.667. The molecule has 2 aliphatic heterocycles. The molecule has 3 aromatic carbocycles. The number of fused-ring (bicyclic) bond motifs is 2. The van der Waals surface area contributed by atoms with E-state index in [1.165, 1.54) is 0 Å². The van der Waals surface area contributed by atoms with Gasteiger partial charge in [-0.3, -0.25) is 9.59 Å². The van der Waals surface area contributed by atoms with Gasteiger partial charge in [-0.05, 0) is 12.1 Å². The molecule has 8 heteroatoms. The van der Waals surface area contributed by atoms with Crippen LogP contribution in [0.5, 0.6) is 11.5 Å². The molecule has 32 heavy (non-hydrogen) atoms. The second-order valence-electron chi connectivity index (χ2n) is 7.23. The smallest absolute Gasteiger partial charge is 0.269 e. The highest BCUT2D eigenvalue weighted by Gasteiger charge is 2.29. The van der Waals surface area contributed by atoms with Crippen LogP contribution in [0.3, 0.4) is 0 Å². The zero-order valence-corrected chi connectivity index (χ0v) is 16.8. The van der Waals surface area contributed by atoms with Gasteiger partial charge in [0.05, 0.1) is 17.0 Å². The fourth-order valence-electron chi connectivity index (χ4n) is 3.67. The molecule has 0 spiro atoms. The minimum absolute atomic E-state index is 0.0641. The van der Waals surface area contributed by atoms with Gasteiger partial charge >= 0.3 is 0 Å². The summed E-state index contributed by atoms with van der Waals surface area (Å²) in [6.45, 7) is 0.486. The number of benzodiazepines with no additional fused rings is 1. The van der Waals surface area contributed by atoms with Crippen molar-refractivity contribution in [3.05, 3.63) is 89.2 Å². The number of carbonyl (C=O) groups is 2. The summed E-state index contributed by atoms with van der Waals surface area (Å²) in [6.07, 6.45) is -1.24. The molecule has 3 aromatic rings. The second-order valence-corrected chi connectivity index (χ2v) is 7.23. The number of amides is 2. The Balaban J connectivity index is 1.53. The van der Waals surface area contributed by atoms with Gasteiger partial charge in [0.25, 0.3) is 11.8 Å². The average Bonchev–Trinajstić information content (AvgIpc) is 2.95. The second kappa shape index (κ2) is 8.14. The Morgan fingerprint density at radius 1 is 1.03 bits per heavy atom. The van der Waals surface area contributed by atoms with Crippen LogP contribution in [0.15, 0.2) is 71.7 Å². The molecule has 0 aliphatic carbocycles. The lowest BCUT2D eigenvalue weighted by atomic mass is 10.0. The fraction of sp³-hybridized carbons (Fsp3) is 0.125.